The van der Waals surface area contributed by atoms with Gasteiger partial charge >= 0.3 is 0 Å². The number of rotatable bonds is 4. The summed E-state index contributed by atoms with van der Waals surface area (Å²) in [5.41, 5.74) is 2.43. The molecule has 0 radical (unpaired) electrons. The number of nitrogens with zero attached hydrogens (tertiary/aromatic N) is 1. The van der Waals surface area contributed by atoms with Crippen LogP contribution in [0.2, 0.25) is 0 Å². The monoisotopic (exact) mass is 480 g/mol. The van der Waals surface area contributed by atoms with Crippen LogP contribution in [0.3, 0.4) is 0 Å². The van der Waals surface area contributed by atoms with Crippen molar-refractivity contribution in [1.29, 1.82) is 0 Å². The van der Waals surface area contributed by atoms with Crippen molar-refractivity contribution in [2.24, 2.45) is 0 Å². The molecule has 0 saturated carbocycles. The molecule has 25 heavy (non-hydrogen) atoms. The average molecular weight is 482 g/mol. The summed E-state index contributed by atoms with van der Waals surface area (Å²) in [6, 6.07) is 13.1. The smallest absolute Gasteiger partial charge is 0.257 e. The number of carbonyl (C=O) groups excluding carboxylic acids is 1. The van der Waals surface area contributed by atoms with Gasteiger partial charge in [0.05, 0.1) is 17.3 Å². The standard InChI is InChI=1S/C18H14Br2N2O2S/c1-10-16(11-3-6-13(19)7-4-11)21-18(25-10)22-17(23)12-5-8-15(24-2)14(20)9-12/h3-9H,1-2H3,(H,21,22,23). The molecule has 128 valence electrons. The minimum absolute atomic E-state index is 0.209. The van der Waals surface area contributed by atoms with Gasteiger partial charge < -0.3 is 4.74 Å². The number of nitrogens with one attached hydrogen (secondary N) is 1. The molecule has 1 amide bonds. The van der Waals surface area contributed by atoms with E-state index in [1.165, 1.54) is 11.3 Å². The molecule has 1 aromatic heterocycles. The third kappa shape index (κ3) is 4.11. The molecule has 0 spiro atoms. The predicted molar refractivity (Wildman–Crippen MR) is 109 cm³/mol. The fraction of sp³-hybridized carbons (Fsp3) is 0.111. The molecule has 0 fully saturated rings. The number of amides is 1. The number of anilines is 1. The summed E-state index contributed by atoms with van der Waals surface area (Å²) >= 11 is 8.28. The van der Waals surface area contributed by atoms with Crippen molar-refractivity contribution in [3.05, 3.63) is 61.9 Å². The zero-order chi connectivity index (χ0) is 18.0. The number of halogens is 2. The lowest BCUT2D eigenvalue weighted by Crippen LogP contribution is -2.11. The number of benzene rings is 2. The van der Waals surface area contributed by atoms with E-state index in [0.29, 0.717) is 16.4 Å². The molecule has 1 heterocycles. The molecule has 4 nitrogen and oxygen atoms in total. The number of aromatic nitrogens is 1. The normalized spacial score (nSPS) is 10.6. The Labute approximate surface area is 166 Å². The Morgan fingerprint density at radius 3 is 2.52 bits per heavy atom. The maximum atomic E-state index is 12.5. The quantitative estimate of drug-likeness (QED) is 0.504. The Balaban J connectivity index is 1.81. The first-order valence-corrected chi connectivity index (χ1v) is 9.76. The van der Waals surface area contributed by atoms with Gasteiger partial charge in [0, 0.05) is 20.5 Å². The first-order chi connectivity index (χ1) is 12.0. The van der Waals surface area contributed by atoms with E-state index in [2.05, 4.69) is 42.2 Å². The van der Waals surface area contributed by atoms with Crippen molar-refractivity contribution in [3.63, 3.8) is 0 Å². The highest BCUT2D eigenvalue weighted by atomic mass is 79.9. The Morgan fingerprint density at radius 2 is 1.88 bits per heavy atom. The summed E-state index contributed by atoms with van der Waals surface area (Å²) in [5.74, 6) is 0.471. The van der Waals surface area contributed by atoms with Crippen molar-refractivity contribution in [2.45, 2.75) is 6.92 Å². The molecule has 2 aromatic carbocycles. The molecule has 1 N–H and O–H groups in total. The maximum Gasteiger partial charge on any atom is 0.257 e. The van der Waals surface area contributed by atoms with E-state index in [-0.39, 0.29) is 5.91 Å². The molecule has 0 aliphatic carbocycles. The first-order valence-electron chi connectivity index (χ1n) is 7.36. The molecule has 0 unspecified atom stereocenters. The van der Waals surface area contributed by atoms with Gasteiger partial charge in [0.25, 0.3) is 5.91 Å². The minimum Gasteiger partial charge on any atom is -0.496 e. The molecule has 0 atom stereocenters. The number of hydrogen-bond donors (Lipinski definition) is 1. The van der Waals surface area contributed by atoms with Crippen molar-refractivity contribution < 1.29 is 9.53 Å². The Bertz CT molecular complexity index is 923. The van der Waals surface area contributed by atoms with Crippen LogP contribution in [0.15, 0.2) is 51.4 Å². The number of ether oxygens (including phenoxy) is 1. The number of methoxy groups -OCH3 is 1. The van der Waals surface area contributed by atoms with Gasteiger partial charge in [-0.15, -0.1) is 11.3 Å². The zero-order valence-corrected chi connectivity index (χ0v) is 17.5. The maximum absolute atomic E-state index is 12.5. The summed E-state index contributed by atoms with van der Waals surface area (Å²) in [7, 11) is 1.59. The molecule has 0 aliphatic rings. The van der Waals surface area contributed by atoms with Crippen molar-refractivity contribution in [2.75, 3.05) is 12.4 Å². The second-order valence-corrected chi connectivity index (χ2v) is 8.21. The van der Waals surface area contributed by atoms with Crippen LogP contribution in [0.25, 0.3) is 11.3 Å². The highest BCUT2D eigenvalue weighted by Crippen LogP contribution is 2.32. The summed E-state index contributed by atoms with van der Waals surface area (Å²) in [4.78, 5) is 18.1. The van der Waals surface area contributed by atoms with Gasteiger partial charge in [0.1, 0.15) is 5.75 Å². The average Bonchev–Trinajstić information content (AvgIpc) is 2.95. The van der Waals surface area contributed by atoms with Crippen LogP contribution in [-0.2, 0) is 0 Å². The number of carbonyl (C=O) groups is 1. The van der Waals surface area contributed by atoms with E-state index in [1.807, 2.05) is 31.2 Å². The topological polar surface area (TPSA) is 51.2 Å². The largest absolute Gasteiger partial charge is 0.496 e. The predicted octanol–water partition coefficient (Wildman–Crippen LogP) is 5.90. The van der Waals surface area contributed by atoms with Crippen LogP contribution in [-0.4, -0.2) is 18.0 Å². The fourth-order valence-corrected chi connectivity index (χ4v) is 3.94. The second kappa shape index (κ2) is 7.68. The van der Waals surface area contributed by atoms with Crippen molar-refractivity contribution in [3.8, 4) is 17.0 Å². The molecular weight excluding hydrogens is 468 g/mol. The van der Waals surface area contributed by atoms with E-state index in [4.69, 9.17) is 4.74 Å². The van der Waals surface area contributed by atoms with Gasteiger partial charge in [-0.25, -0.2) is 4.98 Å². The van der Waals surface area contributed by atoms with Crippen LogP contribution in [0.5, 0.6) is 5.75 Å². The number of aryl methyl sites for hydroxylation is 1. The molecule has 3 aromatic rings. The number of hydrogen-bond acceptors (Lipinski definition) is 4. The van der Waals surface area contributed by atoms with Crippen LogP contribution < -0.4 is 10.1 Å². The fourth-order valence-electron chi connectivity index (χ4n) is 2.30. The van der Waals surface area contributed by atoms with E-state index in [1.54, 1.807) is 25.3 Å². The number of thiazole rings is 1. The minimum atomic E-state index is -0.209. The molecule has 7 heteroatoms. The van der Waals surface area contributed by atoms with Gasteiger partial charge in [-0.3, -0.25) is 10.1 Å². The molecule has 0 saturated heterocycles. The van der Waals surface area contributed by atoms with Crippen LogP contribution in [0, 0.1) is 6.92 Å². The van der Waals surface area contributed by atoms with Crippen LogP contribution in [0.4, 0.5) is 5.13 Å². The third-order valence-electron chi connectivity index (χ3n) is 3.55. The lowest BCUT2D eigenvalue weighted by molar-refractivity contribution is 0.102. The van der Waals surface area contributed by atoms with Gasteiger partial charge in [-0.05, 0) is 53.2 Å². The second-order valence-electron chi connectivity index (χ2n) is 5.23. The van der Waals surface area contributed by atoms with Gasteiger partial charge in [-0.1, -0.05) is 28.1 Å². The van der Waals surface area contributed by atoms with E-state index in [9.17, 15) is 4.79 Å². The van der Waals surface area contributed by atoms with Crippen LogP contribution >= 0.6 is 43.2 Å². The summed E-state index contributed by atoms with van der Waals surface area (Å²) < 4.78 is 6.93. The summed E-state index contributed by atoms with van der Waals surface area (Å²) in [6.07, 6.45) is 0. The molecule has 0 aliphatic heterocycles. The first kappa shape index (κ1) is 18.1. The highest BCUT2D eigenvalue weighted by molar-refractivity contribution is 9.10. The van der Waals surface area contributed by atoms with Gasteiger partial charge in [0.2, 0.25) is 0 Å². The SMILES string of the molecule is COc1ccc(C(=O)Nc2nc(-c3ccc(Br)cc3)c(C)s2)cc1Br. The molecule has 0 bridgehead atoms. The lowest BCUT2D eigenvalue weighted by atomic mass is 10.1. The molecule has 3 rings (SSSR count). The third-order valence-corrected chi connectivity index (χ3v) is 5.58. The van der Waals surface area contributed by atoms with Gasteiger partial charge in [-0.2, -0.15) is 0 Å². The molecular formula is C18H14Br2N2O2S. The van der Waals surface area contributed by atoms with Crippen LogP contribution in [0.1, 0.15) is 15.2 Å². The lowest BCUT2D eigenvalue weighted by Gasteiger charge is -2.06. The Kier molecular flexibility index (Phi) is 5.56. The van der Waals surface area contributed by atoms with Crippen molar-refractivity contribution >= 4 is 54.2 Å². The van der Waals surface area contributed by atoms with Crippen molar-refractivity contribution in [1.82, 2.24) is 4.98 Å². The van der Waals surface area contributed by atoms with Gasteiger partial charge in [0.15, 0.2) is 5.13 Å². The Hall–Kier alpha value is -1.70. The zero-order valence-electron chi connectivity index (χ0n) is 13.5. The van der Waals surface area contributed by atoms with E-state index in [0.717, 1.165) is 25.1 Å². The summed E-state index contributed by atoms with van der Waals surface area (Å²) in [5, 5.41) is 3.44. The van der Waals surface area contributed by atoms with E-state index < -0.39 is 0 Å². The summed E-state index contributed by atoms with van der Waals surface area (Å²) in [6.45, 7) is 1.99. The Morgan fingerprint density at radius 1 is 1.16 bits per heavy atom. The highest BCUT2D eigenvalue weighted by Gasteiger charge is 2.14. The van der Waals surface area contributed by atoms with E-state index >= 15 is 0 Å².